The number of ether oxygens (including phenoxy) is 1. The van der Waals surface area contributed by atoms with Crippen molar-refractivity contribution in [3.63, 3.8) is 0 Å². The molecule has 0 radical (unpaired) electrons. The summed E-state index contributed by atoms with van der Waals surface area (Å²) in [7, 11) is 0. The molecular weight excluding hydrogens is 432 g/mol. The predicted molar refractivity (Wildman–Crippen MR) is 105 cm³/mol. The van der Waals surface area contributed by atoms with Gasteiger partial charge in [-0.25, -0.2) is 5.43 Å². The van der Waals surface area contributed by atoms with Crippen molar-refractivity contribution in [1.29, 1.82) is 0 Å². The van der Waals surface area contributed by atoms with Gasteiger partial charge in [-0.3, -0.25) is 14.4 Å². The number of furan rings is 1. The molecule has 3 N–H and O–H groups in total. The second-order valence-electron chi connectivity index (χ2n) is 5.39. The number of hydrogen-bond donors (Lipinski definition) is 3. The van der Waals surface area contributed by atoms with Crippen LogP contribution in [0.25, 0.3) is 0 Å². The molecule has 0 saturated carbocycles. The Bertz CT molecular complexity index is 852. The maximum Gasteiger partial charge on any atom is 0.329 e. The normalized spacial score (nSPS) is 10.5. The summed E-state index contributed by atoms with van der Waals surface area (Å²) in [6, 6.07) is 8.56. The number of benzene rings is 1. The van der Waals surface area contributed by atoms with Gasteiger partial charge in [0.2, 0.25) is 0 Å². The van der Waals surface area contributed by atoms with Gasteiger partial charge in [-0.05, 0) is 37.3 Å². The van der Waals surface area contributed by atoms with E-state index in [1.165, 1.54) is 12.5 Å². The minimum absolute atomic E-state index is 0.214. The summed E-state index contributed by atoms with van der Waals surface area (Å²) in [5.41, 5.74) is 2.63. The highest BCUT2D eigenvalue weighted by molar-refractivity contribution is 9.10. The molecule has 10 heteroatoms. The third kappa shape index (κ3) is 6.88. The smallest absolute Gasteiger partial charge is 0.329 e. The first-order valence-electron chi connectivity index (χ1n) is 8.32. The number of likely N-dealkylation sites (N-methyl/N-ethyl adjacent to an activating group) is 1. The molecule has 3 amide bonds. The van der Waals surface area contributed by atoms with Gasteiger partial charge in [-0.1, -0.05) is 15.9 Å². The fraction of sp³-hybridized carbons (Fsp3) is 0.222. The van der Waals surface area contributed by atoms with Crippen molar-refractivity contribution in [2.45, 2.75) is 13.5 Å². The predicted octanol–water partition coefficient (Wildman–Crippen LogP) is 1.32. The molecule has 1 heterocycles. The van der Waals surface area contributed by atoms with Gasteiger partial charge in [-0.15, -0.1) is 0 Å². The Kier molecular flexibility index (Phi) is 8.22. The highest BCUT2D eigenvalue weighted by atomic mass is 79.9. The number of rotatable bonds is 8. The zero-order chi connectivity index (χ0) is 20.4. The fourth-order valence-electron chi connectivity index (χ4n) is 2.00. The lowest BCUT2D eigenvalue weighted by atomic mass is 10.2. The molecule has 0 aliphatic carbocycles. The quantitative estimate of drug-likeness (QED) is 0.318. The van der Waals surface area contributed by atoms with E-state index in [0.29, 0.717) is 23.6 Å². The van der Waals surface area contributed by atoms with Gasteiger partial charge < -0.3 is 19.8 Å². The summed E-state index contributed by atoms with van der Waals surface area (Å²) >= 11 is 3.33. The SMILES string of the molecule is CCNC(=O)C(=O)N/N=C\c1cc(Br)ccc1OCC(=O)NCc1ccco1. The number of carbonyl (C=O) groups is 3. The van der Waals surface area contributed by atoms with Gasteiger partial charge in [0.05, 0.1) is 19.0 Å². The molecule has 0 unspecified atom stereocenters. The Morgan fingerprint density at radius 1 is 1.21 bits per heavy atom. The third-order valence-corrected chi connectivity index (χ3v) is 3.78. The van der Waals surface area contributed by atoms with Crippen molar-refractivity contribution in [2.24, 2.45) is 5.10 Å². The minimum Gasteiger partial charge on any atom is -0.483 e. The molecule has 1 aromatic carbocycles. The molecule has 9 nitrogen and oxygen atoms in total. The van der Waals surface area contributed by atoms with Gasteiger partial charge in [-0.2, -0.15) is 5.10 Å². The molecule has 0 fully saturated rings. The van der Waals surface area contributed by atoms with E-state index in [2.05, 4.69) is 37.1 Å². The summed E-state index contributed by atoms with van der Waals surface area (Å²) in [6.07, 6.45) is 2.84. The van der Waals surface area contributed by atoms with E-state index >= 15 is 0 Å². The molecule has 2 aromatic rings. The van der Waals surface area contributed by atoms with Gasteiger partial charge >= 0.3 is 11.8 Å². The van der Waals surface area contributed by atoms with Crippen LogP contribution in [-0.4, -0.2) is 37.1 Å². The molecule has 0 aliphatic rings. The van der Waals surface area contributed by atoms with Crippen molar-refractivity contribution >= 4 is 39.9 Å². The number of nitrogens with one attached hydrogen (secondary N) is 3. The van der Waals surface area contributed by atoms with Crippen molar-refractivity contribution < 1.29 is 23.5 Å². The van der Waals surface area contributed by atoms with Crippen LogP contribution in [0.4, 0.5) is 0 Å². The first kappa shape index (κ1) is 21.2. The first-order valence-corrected chi connectivity index (χ1v) is 9.11. The molecule has 0 spiro atoms. The number of amides is 3. The number of carbonyl (C=O) groups excluding carboxylic acids is 3. The van der Waals surface area contributed by atoms with Crippen molar-refractivity contribution in [3.05, 3.63) is 52.4 Å². The Morgan fingerprint density at radius 2 is 2.04 bits per heavy atom. The maximum atomic E-state index is 11.9. The van der Waals surface area contributed by atoms with Crippen LogP contribution < -0.4 is 20.8 Å². The molecule has 0 aliphatic heterocycles. The summed E-state index contributed by atoms with van der Waals surface area (Å²) in [5, 5.41) is 8.77. The van der Waals surface area contributed by atoms with Crippen molar-refractivity contribution in [2.75, 3.05) is 13.2 Å². The highest BCUT2D eigenvalue weighted by Gasteiger charge is 2.11. The second-order valence-corrected chi connectivity index (χ2v) is 6.30. The highest BCUT2D eigenvalue weighted by Crippen LogP contribution is 2.21. The maximum absolute atomic E-state index is 11.9. The summed E-state index contributed by atoms with van der Waals surface area (Å²) in [5.74, 6) is -0.974. The van der Waals surface area contributed by atoms with E-state index < -0.39 is 11.8 Å². The van der Waals surface area contributed by atoms with Crippen LogP contribution in [0.2, 0.25) is 0 Å². The van der Waals surface area contributed by atoms with Gasteiger partial charge in [0.25, 0.3) is 5.91 Å². The average Bonchev–Trinajstić information content (AvgIpc) is 3.19. The largest absolute Gasteiger partial charge is 0.483 e. The molecule has 148 valence electrons. The number of nitrogens with zero attached hydrogens (tertiary/aromatic N) is 1. The molecule has 0 saturated heterocycles. The molecule has 0 atom stereocenters. The molecule has 28 heavy (non-hydrogen) atoms. The van der Waals surface area contributed by atoms with Gasteiger partial charge in [0.1, 0.15) is 11.5 Å². The second kappa shape index (κ2) is 10.9. The topological polar surface area (TPSA) is 122 Å². The monoisotopic (exact) mass is 450 g/mol. The van der Waals surface area contributed by atoms with E-state index in [9.17, 15) is 14.4 Å². The van der Waals surface area contributed by atoms with E-state index in [1.54, 1.807) is 37.3 Å². The standard InChI is InChI=1S/C18H19BrN4O5/c1-2-20-17(25)18(26)23-22-9-12-8-13(19)5-6-15(12)28-11-16(24)21-10-14-4-3-7-27-14/h3-9H,2,10-11H2,1H3,(H,20,25)(H,21,24)(H,23,26)/b22-9-. The van der Waals surface area contributed by atoms with Gasteiger partial charge in [0, 0.05) is 16.6 Å². The summed E-state index contributed by atoms with van der Waals surface area (Å²) in [4.78, 5) is 34.8. The fourth-order valence-corrected chi connectivity index (χ4v) is 2.38. The number of halogens is 1. The van der Waals surface area contributed by atoms with E-state index in [-0.39, 0.29) is 19.1 Å². The summed E-state index contributed by atoms with van der Waals surface area (Å²) in [6.45, 7) is 2.08. The number of hydrazone groups is 1. The van der Waals surface area contributed by atoms with Crippen LogP contribution in [0.3, 0.4) is 0 Å². The lowest BCUT2D eigenvalue weighted by Gasteiger charge is -2.09. The minimum atomic E-state index is -0.882. The van der Waals surface area contributed by atoms with E-state index in [0.717, 1.165) is 4.47 Å². The van der Waals surface area contributed by atoms with Crippen LogP contribution >= 0.6 is 15.9 Å². The Morgan fingerprint density at radius 3 is 2.75 bits per heavy atom. The van der Waals surface area contributed by atoms with Crippen molar-refractivity contribution in [3.8, 4) is 5.75 Å². The molecule has 1 aromatic heterocycles. The third-order valence-electron chi connectivity index (χ3n) is 3.28. The van der Waals surface area contributed by atoms with Crippen LogP contribution in [0, 0.1) is 0 Å². The van der Waals surface area contributed by atoms with Crippen LogP contribution in [0.1, 0.15) is 18.2 Å². The summed E-state index contributed by atoms with van der Waals surface area (Å²) < 4.78 is 11.4. The Labute approximate surface area is 169 Å². The Hall–Kier alpha value is -3.14. The van der Waals surface area contributed by atoms with Crippen LogP contribution in [-0.2, 0) is 20.9 Å². The lowest BCUT2D eigenvalue weighted by molar-refractivity contribution is -0.139. The van der Waals surface area contributed by atoms with Gasteiger partial charge in [0.15, 0.2) is 6.61 Å². The molecule has 2 rings (SSSR count). The van der Waals surface area contributed by atoms with E-state index in [4.69, 9.17) is 9.15 Å². The zero-order valence-corrected chi connectivity index (χ0v) is 16.6. The zero-order valence-electron chi connectivity index (χ0n) is 15.0. The first-order chi connectivity index (χ1) is 13.5. The van der Waals surface area contributed by atoms with Crippen LogP contribution in [0.5, 0.6) is 5.75 Å². The lowest BCUT2D eigenvalue weighted by Crippen LogP contribution is -2.37. The average molecular weight is 451 g/mol. The molecule has 0 bridgehead atoms. The van der Waals surface area contributed by atoms with E-state index in [1.807, 2.05) is 0 Å². The number of hydrogen-bond acceptors (Lipinski definition) is 6. The van der Waals surface area contributed by atoms with Crippen molar-refractivity contribution in [1.82, 2.24) is 16.1 Å². The Balaban J connectivity index is 1.91. The van der Waals surface area contributed by atoms with Crippen LogP contribution in [0.15, 0.2) is 50.6 Å². The molecular formula is C18H19BrN4O5.